The Labute approximate surface area is 144 Å². The Kier molecular flexibility index (Phi) is 6.04. The summed E-state index contributed by atoms with van der Waals surface area (Å²) in [7, 11) is -3.42. The van der Waals surface area contributed by atoms with E-state index in [1.165, 1.54) is 15.6 Å². The molecule has 2 heterocycles. The maximum absolute atomic E-state index is 12.5. The number of carbonyl (C=O) groups is 1. The zero-order valence-corrected chi connectivity index (χ0v) is 16.0. The van der Waals surface area contributed by atoms with E-state index in [2.05, 4.69) is 15.9 Å². The third kappa shape index (κ3) is 3.72. The molecule has 1 aliphatic rings. The van der Waals surface area contributed by atoms with Gasteiger partial charge in [0.15, 0.2) is 0 Å². The van der Waals surface area contributed by atoms with E-state index in [1.54, 1.807) is 12.1 Å². The molecule has 0 spiro atoms. The second kappa shape index (κ2) is 7.42. The number of hydrogen-bond donors (Lipinski definition) is 0. The van der Waals surface area contributed by atoms with Crippen molar-refractivity contribution >= 4 is 43.2 Å². The Morgan fingerprint density at radius 3 is 2.36 bits per heavy atom. The normalized spacial score (nSPS) is 17.6. The van der Waals surface area contributed by atoms with Crippen LogP contribution in [-0.4, -0.2) is 49.7 Å². The Balaban J connectivity index is 2.01. The van der Waals surface area contributed by atoms with Gasteiger partial charge in [-0.15, -0.1) is 11.3 Å². The molecule has 1 saturated heterocycles. The first-order valence-electron chi connectivity index (χ1n) is 7.44. The number of carbonyl (C=O) groups excluding carboxylic acids is 1. The van der Waals surface area contributed by atoms with E-state index in [1.807, 2.05) is 18.7 Å². The van der Waals surface area contributed by atoms with Crippen molar-refractivity contribution in [3.63, 3.8) is 0 Å². The molecule has 8 heteroatoms. The van der Waals surface area contributed by atoms with Gasteiger partial charge in [-0.05, 0) is 54.8 Å². The first-order chi connectivity index (χ1) is 10.4. The van der Waals surface area contributed by atoms with Crippen molar-refractivity contribution in [3.8, 4) is 0 Å². The maximum atomic E-state index is 12.5. The second-order valence-electron chi connectivity index (χ2n) is 5.25. The molecule has 22 heavy (non-hydrogen) atoms. The second-order valence-corrected chi connectivity index (χ2v) is 9.88. The van der Waals surface area contributed by atoms with Crippen LogP contribution in [0.3, 0.4) is 0 Å². The molecule has 0 saturated carbocycles. The summed E-state index contributed by atoms with van der Waals surface area (Å²) in [6.07, 6.45) is 1.20. The van der Waals surface area contributed by atoms with Gasteiger partial charge in [-0.1, -0.05) is 0 Å². The van der Waals surface area contributed by atoms with Crippen molar-refractivity contribution in [1.82, 2.24) is 9.21 Å². The van der Waals surface area contributed by atoms with Crippen molar-refractivity contribution < 1.29 is 13.2 Å². The highest BCUT2D eigenvalue weighted by atomic mass is 79.9. The minimum atomic E-state index is -3.42. The molecule has 0 atom stereocenters. The van der Waals surface area contributed by atoms with Crippen LogP contribution >= 0.6 is 27.3 Å². The summed E-state index contributed by atoms with van der Waals surface area (Å²) in [6.45, 7) is 6.17. The molecule has 0 aromatic carbocycles. The Morgan fingerprint density at radius 2 is 1.91 bits per heavy atom. The predicted octanol–water partition coefficient (Wildman–Crippen LogP) is 2.78. The molecular weight excluding hydrogens is 388 g/mol. The largest absolute Gasteiger partial charge is 0.343 e. The van der Waals surface area contributed by atoms with E-state index in [0.29, 0.717) is 43.2 Å². The summed E-state index contributed by atoms with van der Waals surface area (Å²) in [6, 6.07) is 3.37. The van der Waals surface area contributed by atoms with Crippen LogP contribution < -0.4 is 0 Å². The number of piperidine rings is 1. The fourth-order valence-electron chi connectivity index (χ4n) is 2.70. The third-order valence-corrected chi connectivity index (χ3v) is 8.01. The molecule has 2 rings (SSSR count). The fraction of sp³-hybridized carbons (Fsp3) is 0.643. The number of halogens is 1. The molecule has 124 valence electrons. The molecule has 1 aliphatic heterocycles. The highest BCUT2D eigenvalue weighted by molar-refractivity contribution is 9.11. The lowest BCUT2D eigenvalue weighted by atomic mass is 9.96. The topological polar surface area (TPSA) is 57.7 Å². The van der Waals surface area contributed by atoms with Crippen LogP contribution in [0.15, 0.2) is 20.1 Å². The van der Waals surface area contributed by atoms with E-state index in [9.17, 15) is 13.2 Å². The molecule has 1 aromatic heterocycles. The lowest BCUT2D eigenvalue weighted by Crippen LogP contribution is -2.44. The number of sulfonamides is 1. The number of amides is 1. The fourth-order valence-corrected chi connectivity index (χ4v) is 6.33. The van der Waals surface area contributed by atoms with Crippen LogP contribution in [0.2, 0.25) is 0 Å². The molecule has 5 nitrogen and oxygen atoms in total. The molecule has 0 bridgehead atoms. The summed E-state index contributed by atoms with van der Waals surface area (Å²) < 4.78 is 27.7. The van der Waals surface area contributed by atoms with Crippen LogP contribution in [0.5, 0.6) is 0 Å². The zero-order valence-electron chi connectivity index (χ0n) is 12.8. The summed E-state index contributed by atoms with van der Waals surface area (Å²) in [5.41, 5.74) is 0. The van der Waals surface area contributed by atoms with E-state index in [4.69, 9.17) is 0 Å². The number of rotatable bonds is 5. The van der Waals surface area contributed by atoms with Crippen molar-refractivity contribution in [3.05, 3.63) is 15.9 Å². The third-order valence-electron chi connectivity index (χ3n) is 4.02. The highest BCUT2D eigenvalue weighted by Crippen LogP contribution is 2.31. The summed E-state index contributed by atoms with van der Waals surface area (Å²) in [5.74, 6) is 0.0994. The molecule has 1 aromatic rings. The molecule has 1 fully saturated rings. The summed E-state index contributed by atoms with van der Waals surface area (Å²) in [5, 5.41) is 0. The van der Waals surface area contributed by atoms with Gasteiger partial charge in [-0.2, -0.15) is 4.31 Å². The van der Waals surface area contributed by atoms with E-state index < -0.39 is 10.0 Å². The van der Waals surface area contributed by atoms with Crippen LogP contribution in [-0.2, 0) is 14.8 Å². The molecule has 0 aliphatic carbocycles. The molecule has 0 unspecified atom stereocenters. The monoisotopic (exact) mass is 408 g/mol. The summed E-state index contributed by atoms with van der Waals surface area (Å²) in [4.78, 5) is 14.2. The van der Waals surface area contributed by atoms with Crippen LogP contribution in [0, 0.1) is 5.92 Å². The average molecular weight is 409 g/mol. The van der Waals surface area contributed by atoms with Crippen molar-refractivity contribution in [1.29, 1.82) is 0 Å². The predicted molar refractivity (Wildman–Crippen MR) is 91.4 cm³/mol. The minimum absolute atomic E-state index is 0.0542. The first-order valence-corrected chi connectivity index (χ1v) is 10.5. The lowest BCUT2D eigenvalue weighted by molar-refractivity contribution is -0.136. The number of nitrogens with zero attached hydrogens (tertiary/aromatic N) is 2. The van der Waals surface area contributed by atoms with Gasteiger partial charge in [0.25, 0.3) is 10.0 Å². The molecular formula is C14H21BrN2O3S2. The van der Waals surface area contributed by atoms with E-state index >= 15 is 0 Å². The van der Waals surface area contributed by atoms with Gasteiger partial charge in [0.2, 0.25) is 5.91 Å². The summed E-state index contributed by atoms with van der Waals surface area (Å²) >= 11 is 4.51. The van der Waals surface area contributed by atoms with Crippen LogP contribution in [0.1, 0.15) is 26.7 Å². The zero-order chi connectivity index (χ0) is 16.3. The minimum Gasteiger partial charge on any atom is -0.343 e. The molecule has 1 amide bonds. The SMILES string of the molecule is CCN(CC)C(=O)C1CCN(S(=O)(=O)c2ccc(Br)s2)CC1. The quantitative estimate of drug-likeness (QED) is 0.752. The van der Waals surface area contributed by atoms with Crippen molar-refractivity contribution in [2.45, 2.75) is 30.9 Å². The Morgan fingerprint density at radius 1 is 1.32 bits per heavy atom. The van der Waals surface area contributed by atoms with Gasteiger partial charge >= 0.3 is 0 Å². The van der Waals surface area contributed by atoms with E-state index in [0.717, 1.165) is 3.79 Å². The Bertz CT molecular complexity index is 618. The van der Waals surface area contributed by atoms with Crippen molar-refractivity contribution in [2.75, 3.05) is 26.2 Å². The Hall–Kier alpha value is -0.440. The van der Waals surface area contributed by atoms with Crippen LogP contribution in [0.25, 0.3) is 0 Å². The molecule has 0 N–H and O–H groups in total. The smallest absolute Gasteiger partial charge is 0.252 e. The van der Waals surface area contributed by atoms with Gasteiger partial charge in [-0.25, -0.2) is 8.42 Å². The van der Waals surface area contributed by atoms with Gasteiger partial charge in [0.05, 0.1) is 3.79 Å². The number of thiophene rings is 1. The van der Waals surface area contributed by atoms with Gasteiger partial charge in [0.1, 0.15) is 4.21 Å². The maximum Gasteiger partial charge on any atom is 0.252 e. The van der Waals surface area contributed by atoms with Crippen molar-refractivity contribution in [2.24, 2.45) is 5.92 Å². The number of hydrogen-bond acceptors (Lipinski definition) is 4. The van der Waals surface area contributed by atoms with Crippen LogP contribution in [0.4, 0.5) is 0 Å². The standard InChI is InChI=1S/C14H21BrN2O3S2/c1-3-16(4-2)14(18)11-7-9-17(10-8-11)22(19,20)13-6-5-12(15)21-13/h5-6,11H,3-4,7-10H2,1-2H3. The van der Waals surface area contributed by atoms with Gasteiger partial charge in [-0.3, -0.25) is 4.79 Å². The van der Waals surface area contributed by atoms with E-state index in [-0.39, 0.29) is 11.8 Å². The molecule has 0 radical (unpaired) electrons. The average Bonchev–Trinajstić information content (AvgIpc) is 2.96. The highest BCUT2D eigenvalue weighted by Gasteiger charge is 2.33. The first kappa shape index (κ1) is 17.9. The van der Waals surface area contributed by atoms with Gasteiger partial charge in [0, 0.05) is 32.1 Å². The lowest BCUT2D eigenvalue weighted by Gasteiger charge is -2.32. The van der Waals surface area contributed by atoms with Gasteiger partial charge < -0.3 is 4.90 Å².